The largest absolute Gasteiger partial charge is 0.380 e. The Hall–Kier alpha value is -1.81. The van der Waals surface area contributed by atoms with E-state index in [0.717, 1.165) is 18.1 Å². The molecule has 0 aliphatic rings. The van der Waals surface area contributed by atoms with Gasteiger partial charge in [-0.15, -0.1) is 0 Å². The van der Waals surface area contributed by atoms with Crippen molar-refractivity contribution in [1.29, 1.82) is 0 Å². The predicted molar refractivity (Wildman–Crippen MR) is 72.4 cm³/mol. The summed E-state index contributed by atoms with van der Waals surface area (Å²) in [6.07, 6.45) is 0. The molecular formula is C14H19N3O. The van der Waals surface area contributed by atoms with E-state index in [4.69, 9.17) is 4.74 Å². The summed E-state index contributed by atoms with van der Waals surface area (Å²) in [5.41, 5.74) is 3.59. The quantitative estimate of drug-likeness (QED) is 0.879. The van der Waals surface area contributed by atoms with Crippen molar-refractivity contribution in [1.82, 2.24) is 9.78 Å². The van der Waals surface area contributed by atoms with Gasteiger partial charge in [0.25, 0.3) is 0 Å². The second-order valence-electron chi connectivity index (χ2n) is 4.35. The van der Waals surface area contributed by atoms with Gasteiger partial charge in [-0.2, -0.15) is 5.10 Å². The average molecular weight is 245 g/mol. The van der Waals surface area contributed by atoms with E-state index in [1.807, 2.05) is 36.9 Å². The molecule has 1 heterocycles. The van der Waals surface area contributed by atoms with Crippen molar-refractivity contribution in [3.05, 3.63) is 47.2 Å². The van der Waals surface area contributed by atoms with Crippen LogP contribution in [0.5, 0.6) is 0 Å². The minimum absolute atomic E-state index is 0.638. The second kappa shape index (κ2) is 5.69. The SMILES string of the molecule is COCc1ccccc1CNc1cc(C)n(C)n1. The Morgan fingerprint density at radius 1 is 1.28 bits per heavy atom. The highest BCUT2D eigenvalue weighted by molar-refractivity contribution is 5.38. The summed E-state index contributed by atoms with van der Waals surface area (Å²) in [7, 11) is 3.66. The number of hydrogen-bond acceptors (Lipinski definition) is 3. The van der Waals surface area contributed by atoms with Crippen LogP contribution < -0.4 is 5.32 Å². The minimum atomic E-state index is 0.638. The van der Waals surface area contributed by atoms with Crippen molar-refractivity contribution in [3.63, 3.8) is 0 Å². The van der Waals surface area contributed by atoms with Crippen LogP contribution in [0.25, 0.3) is 0 Å². The van der Waals surface area contributed by atoms with E-state index in [9.17, 15) is 0 Å². The predicted octanol–water partition coefficient (Wildman–Crippen LogP) is 2.49. The maximum atomic E-state index is 5.20. The summed E-state index contributed by atoms with van der Waals surface area (Å²) in [4.78, 5) is 0. The van der Waals surface area contributed by atoms with E-state index in [0.29, 0.717) is 6.61 Å². The van der Waals surface area contributed by atoms with E-state index < -0.39 is 0 Å². The number of ether oxygens (including phenoxy) is 1. The Kier molecular flexibility index (Phi) is 3.99. The number of aryl methyl sites for hydroxylation is 2. The van der Waals surface area contributed by atoms with Gasteiger partial charge in [-0.25, -0.2) is 0 Å². The number of hydrogen-bond donors (Lipinski definition) is 1. The third-order valence-electron chi connectivity index (χ3n) is 2.99. The van der Waals surface area contributed by atoms with Gasteiger partial charge in [0.05, 0.1) is 6.61 Å². The molecule has 4 nitrogen and oxygen atoms in total. The van der Waals surface area contributed by atoms with Gasteiger partial charge < -0.3 is 10.1 Å². The number of aromatic nitrogens is 2. The van der Waals surface area contributed by atoms with Crippen molar-refractivity contribution < 1.29 is 4.74 Å². The summed E-state index contributed by atoms with van der Waals surface area (Å²) < 4.78 is 7.06. The van der Waals surface area contributed by atoms with E-state index in [1.54, 1.807) is 7.11 Å². The molecule has 0 unspecified atom stereocenters. The van der Waals surface area contributed by atoms with Crippen molar-refractivity contribution in [2.45, 2.75) is 20.1 Å². The topological polar surface area (TPSA) is 39.1 Å². The highest BCUT2D eigenvalue weighted by atomic mass is 16.5. The van der Waals surface area contributed by atoms with Crippen molar-refractivity contribution in [2.24, 2.45) is 7.05 Å². The summed E-state index contributed by atoms with van der Waals surface area (Å²) >= 11 is 0. The molecule has 2 aromatic rings. The van der Waals surface area contributed by atoms with Gasteiger partial charge in [-0.1, -0.05) is 24.3 Å². The molecule has 0 aliphatic carbocycles. The van der Waals surface area contributed by atoms with Crippen molar-refractivity contribution >= 4 is 5.82 Å². The molecule has 0 radical (unpaired) electrons. The zero-order valence-corrected chi connectivity index (χ0v) is 11.1. The third-order valence-corrected chi connectivity index (χ3v) is 2.99. The summed E-state index contributed by atoms with van der Waals surface area (Å²) in [6.45, 7) is 3.44. The molecule has 1 aromatic heterocycles. The first-order valence-corrected chi connectivity index (χ1v) is 6.01. The molecule has 2 rings (SSSR count). The molecule has 0 aliphatic heterocycles. The first kappa shape index (κ1) is 12.6. The molecule has 0 amide bonds. The Morgan fingerprint density at radius 3 is 2.61 bits per heavy atom. The van der Waals surface area contributed by atoms with Gasteiger partial charge in [-0.05, 0) is 18.1 Å². The number of nitrogens with zero attached hydrogens (tertiary/aromatic N) is 2. The lowest BCUT2D eigenvalue weighted by molar-refractivity contribution is 0.184. The van der Waals surface area contributed by atoms with Gasteiger partial charge in [0.15, 0.2) is 0 Å². The van der Waals surface area contributed by atoms with Crippen molar-refractivity contribution in [2.75, 3.05) is 12.4 Å². The van der Waals surface area contributed by atoms with Crippen molar-refractivity contribution in [3.8, 4) is 0 Å². The van der Waals surface area contributed by atoms with Gasteiger partial charge in [0, 0.05) is 32.5 Å². The number of methoxy groups -OCH3 is 1. The lowest BCUT2D eigenvalue weighted by atomic mass is 10.1. The summed E-state index contributed by atoms with van der Waals surface area (Å²) in [6, 6.07) is 10.3. The molecule has 96 valence electrons. The molecule has 0 saturated heterocycles. The van der Waals surface area contributed by atoms with E-state index >= 15 is 0 Å². The second-order valence-corrected chi connectivity index (χ2v) is 4.35. The van der Waals surface area contributed by atoms with Crippen LogP contribution in [0.1, 0.15) is 16.8 Å². The Bertz CT molecular complexity index is 500. The van der Waals surface area contributed by atoms with Crippen LogP contribution in [-0.2, 0) is 24.9 Å². The highest BCUT2D eigenvalue weighted by Crippen LogP contribution is 2.13. The fourth-order valence-corrected chi connectivity index (χ4v) is 1.86. The number of benzene rings is 1. The van der Waals surface area contributed by atoms with Crippen LogP contribution in [0.3, 0.4) is 0 Å². The Morgan fingerprint density at radius 2 is 2.00 bits per heavy atom. The zero-order chi connectivity index (χ0) is 13.0. The summed E-state index contributed by atoms with van der Waals surface area (Å²) in [5.74, 6) is 0.905. The number of anilines is 1. The first-order valence-electron chi connectivity index (χ1n) is 6.01. The van der Waals surface area contributed by atoms with Gasteiger partial charge in [-0.3, -0.25) is 4.68 Å². The summed E-state index contributed by atoms with van der Waals surface area (Å²) in [5, 5.41) is 7.71. The van der Waals surface area contributed by atoms with Crippen LogP contribution in [0.4, 0.5) is 5.82 Å². The van der Waals surface area contributed by atoms with E-state index in [2.05, 4.69) is 22.5 Å². The molecule has 0 saturated carbocycles. The average Bonchev–Trinajstić information content (AvgIpc) is 2.68. The molecule has 0 atom stereocenters. The standard InChI is InChI=1S/C14H19N3O/c1-11-8-14(16-17(11)2)15-9-12-6-4-5-7-13(12)10-18-3/h4-8H,9-10H2,1-3H3,(H,15,16). The fourth-order valence-electron chi connectivity index (χ4n) is 1.86. The van der Waals surface area contributed by atoms with Gasteiger partial charge in [0.1, 0.15) is 5.82 Å². The van der Waals surface area contributed by atoms with Gasteiger partial charge >= 0.3 is 0 Å². The lowest BCUT2D eigenvalue weighted by Crippen LogP contribution is -2.04. The smallest absolute Gasteiger partial charge is 0.148 e. The third kappa shape index (κ3) is 2.90. The van der Waals surface area contributed by atoms with Crippen LogP contribution in [0.15, 0.2) is 30.3 Å². The van der Waals surface area contributed by atoms with Gasteiger partial charge in [0.2, 0.25) is 0 Å². The maximum absolute atomic E-state index is 5.20. The number of rotatable bonds is 5. The molecular weight excluding hydrogens is 226 g/mol. The molecule has 18 heavy (non-hydrogen) atoms. The normalized spacial score (nSPS) is 10.6. The Balaban J connectivity index is 2.05. The van der Waals surface area contributed by atoms with Crippen LogP contribution in [0, 0.1) is 6.92 Å². The monoisotopic (exact) mass is 245 g/mol. The molecule has 0 spiro atoms. The van der Waals surface area contributed by atoms with Crippen LogP contribution >= 0.6 is 0 Å². The molecule has 1 N–H and O–H groups in total. The van der Waals surface area contributed by atoms with E-state index in [-0.39, 0.29) is 0 Å². The maximum Gasteiger partial charge on any atom is 0.148 e. The Labute approximate surface area is 108 Å². The molecule has 0 bridgehead atoms. The van der Waals surface area contributed by atoms with E-state index in [1.165, 1.54) is 11.1 Å². The van der Waals surface area contributed by atoms with Crippen LogP contribution in [0.2, 0.25) is 0 Å². The molecule has 1 aromatic carbocycles. The molecule has 0 fully saturated rings. The lowest BCUT2D eigenvalue weighted by Gasteiger charge is -2.09. The molecule has 4 heteroatoms. The fraction of sp³-hybridized carbons (Fsp3) is 0.357. The minimum Gasteiger partial charge on any atom is -0.380 e. The highest BCUT2D eigenvalue weighted by Gasteiger charge is 2.03. The van der Waals surface area contributed by atoms with Crippen LogP contribution in [-0.4, -0.2) is 16.9 Å². The zero-order valence-electron chi connectivity index (χ0n) is 11.1. The first-order chi connectivity index (χ1) is 8.70. The number of nitrogens with one attached hydrogen (secondary N) is 1.